The van der Waals surface area contributed by atoms with Gasteiger partial charge in [-0.3, -0.25) is 0 Å². The highest BCUT2D eigenvalue weighted by atomic mass is 32.2. The summed E-state index contributed by atoms with van der Waals surface area (Å²) in [5.74, 6) is 2.72. The second kappa shape index (κ2) is 4.49. The molecule has 0 fully saturated rings. The molecule has 62 valence electrons. The van der Waals surface area contributed by atoms with Crippen molar-refractivity contribution in [2.75, 3.05) is 12.5 Å². The molecule has 0 bridgehead atoms. The molecule has 0 aromatic heterocycles. The van der Waals surface area contributed by atoms with E-state index in [1.807, 2.05) is 18.6 Å². The van der Waals surface area contributed by atoms with Crippen molar-refractivity contribution in [3.8, 4) is 12.3 Å². The van der Waals surface area contributed by atoms with Gasteiger partial charge in [0.2, 0.25) is 0 Å². The van der Waals surface area contributed by atoms with Crippen LogP contribution in [0, 0.1) is 12.3 Å². The van der Waals surface area contributed by atoms with Gasteiger partial charge in [0.25, 0.3) is 0 Å². The van der Waals surface area contributed by atoms with E-state index in [4.69, 9.17) is 6.42 Å². The first-order valence-corrected chi connectivity index (χ1v) is 5.96. The lowest BCUT2D eigenvalue weighted by atomic mass is 10.2. The van der Waals surface area contributed by atoms with Crippen LogP contribution in [0.15, 0.2) is 28.0 Å². The Morgan fingerprint density at radius 3 is 2.00 bits per heavy atom. The second-order valence-electron chi connectivity index (χ2n) is 2.18. The minimum absolute atomic E-state index is 1.03. The molecule has 0 radical (unpaired) electrons. The summed E-state index contributed by atoms with van der Waals surface area (Å²) in [7, 11) is 0. The van der Waals surface area contributed by atoms with Gasteiger partial charge in [-0.15, -0.1) is 29.9 Å². The number of hydrogen-bond acceptors (Lipinski definition) is 2. The van der Waals surface area contributed by atoms with Gasteiger partial charge in [0.1, 0.15) is 0 Å². The van der Waals surface area contributed by atoms with E-state index >= 15 is 0 Å². The Morgan fingerprint density at radius 1 is 1.17 bits per heavy atom. The predicted molar refractivity (Wildman–Crippen MR) is 57.9 cm³/mol. The van der Waals surface area contributed by atoms with Crippen LogP contribution in [-0.4, -0.2) is 12.5 Å². The van der Waals surface area contributed by atoms with Crippen LogP contribution >= 0.6 is 23.5 Å². The van der Waals surface area contributed by atoms with E-state index in [2.05, 4.69) is 18.1 Å². The molecule has 2 heteroatoms. The predicted octanol–water partition coefficient (Wildman–Crippen LogP) is 3.11. The van der Waals surface area contributed by atoms with Crippen molar-refractivity contribution < 1.29 is 0 Å². The zero-order chi connectivity index (χ0) is 8.97. The molecule has 0 saturated heterocycles. The summed E-state index contributed by atoms with van der Waals surface area (Å²) < 4.78 is 0. The second-order valence-corrected chi connectivity index (χ2v) is 3.88. The highest BCUT2D eigenvalue weighted by molar-refractivity contribution is 7.99. The third-order valence-electron chi connectivity index (χ3n) is 1.57. The van der Waals surface area contributed by atoms with E-state index in [0.717, 1.165) is 5.56 Å². The van der Waals surface area contributed by atoms with Gasteiger partial charge in [0.15, 0.2) is 0 Å². The molecule has 1 rings (SSSR count). The van der Waals surface area contributed by atoms with Crippen LogP contribution in [0.1, 0.15) is 5.56 Å². The lowest BCUT2D eigenvalue weighted by molar-refractivity contribution is 1.29. The minimum atomic E-state index is 1.03. The van der Waals surface area contributed by atoms with E-state index < -0.39 is 0 Å². The molecule has 0 spiro atoms. The minimum Gasteiger partial charge on any atom is -0.128 e. The van der Waals surface area contributed by atoms with Crippen molar-refractivity contribution in [3.63, 3.8) is 0 Å². The molecular weight excluding hydrogens is 184 g/mol. The molecule has 0 atom stereocenters. The van der Waals surface area contributed by atoms with Crippen LogP contribution in [0.2, 0.25) is 0 Å². The SMILES string of the molecule is C#Cc1c(SC)cccc1SC. The van der Waals surface area contributed by atoms with Crippen LogP contribution in [0.25, 0.3) is 0 Å². The van der Waals surface area contributed by atoms with Crippen LogP contribution in [-0.2, 0) is 0 Å². The van der Waals surface area contributed by atoms with Gasteiger partial charge in [-0.25, -0.2) is 0 Å². The molecule has 0 N–H and O–H groups in total. The summed E-state index contributed by atoms with van der Waals surface area (Å²) in [6.45, 7) is 0. The van der Waals surface area contributed by atoms with E-state index in [1.54, 1.807) is 23.5 Å². The normalized spacial score (nSPS) is 9.42. The van der Waals surface area contributed by atoms with E-state index in [-0.39, 0.29) is 0 Å². The Kier molecular flexibility index (Phi) is 3.58. The average molecular weight is 194 g/mol. The Labute approximate surface area is 82.1 Å². The fourth-order valence-corrected chi connectivity index (χ4v) is 2.23. The standard InChI is InChI=1S/C10H10S2/c1-4-8-9(11-2)6-5-7-10(8)12-3/h1,5-7H,2-3H3. The first kappa shape index (κ1) is 9.57. The fraction of sp³-hybridized carbons (Fsp3) is 0.200. The highest BCUT2D eigenvalue weighted by Gasteiger charge is 2.02. The number of rotatable bonds is 2. The molecule has 0 unspecified atom stereocenters. The van der Waals surface area contributed by atoms with Crippen molar-refractivity contribution in [1.29, 1.82) is 0 Å². The monoisotopic (exact) mass is 194 g/mol. The van der Waals surface area contributed by atoms with E-state index in [0.29, 0.717) is 0 Å². The molecule has 1 aromatic carbocycles. The molecule has 1 aromatic rings. The van der Waals surface area contributed by atoms with Crippen LogP contribution < -0.4 is 0 Å². The average Bonchev–Trinajstić information content (AvgIpc) is 2.16. The topological polar surface area (TPSA) is 0 Å². The maximum Gasteiger partial charge on any atom is 0.0514 e. The third-order valence-corrected chi connectivity index (χ3v) is 3.13. The molecule has 0 heterocycles. The number of thioether (sulfide) groups is 2. The molecule has 0 amide bonds. The Morgan fingerprint density at radius 2 is 1.67 bits per heavy atom. The van der Waals surface area contributed by atoms with Gasteiger partial charge in [0.05, 0.1) is 5.56 Å². The van der Waals surface area contributed by atoms with Gasteiger partial charge in [0, 0.05) is 9.79 Å². The fourth-order valence-electron chi connectivity index (χ4n) is 0.993. The molecule has 0 aliphatic carbocycles. The highest BCUT2D eigenvalue weighted by Crippen LogP contribution is 2.27. The van der Waals surface area contributed by atoms with E-state index in [1.165, 1.54) is 9.79 Å². The van der Waals surface area contributed by atoms with Crippen molar-refractivity contribution in [2.24, 2.45) is 0 Å². The van der Waals surface area contributed by atoms with Gasteiger partial charge in [-0.05, 0) is 24.6 Å². The van der Waals surface area contributed by atoms with Gasteiger partial charge < -0.3 is 0 Å². The smallest absolute Gasteiger partial charge is 0.0514 e. The third kappa shape index (κ3) is 1.80. The summed E-state index contributed by atoms with van der Waals surface area (Å²) in [5.41, 5.74) is 1.03. The first-order valence-electron chi connectivity index (χ1n) is 3.51. The van der Waals surface area contributed by atoms with Crippen molar-refractivity contribution in [3.05, 3.63) is 23.8 Å². The number of benzene rings is 1. The molecule has 0 nitrogen and oxygen atoms in total. The van der Waals surface area contributed by atoms with Crippen LogP contribution in [0.5, 0.6) is 0 Å². The molecular formula is C10H10S2. The summed E-state index contributed by atoms with van der Waals surface area (Å²) in [6.07, 6.45) is 9.51. The van der Waals surface area contributed by atoms with Gasteiger partial charge in [-0.2, -0.15) is 0 Å². The molecule has 0 saturated carbocycles. The van der Waals surface area contributed by atoms with Crippen LogP contribution in [0.3, 0.4) is 0 Å². The summed E-state index contributed by atoms with van der Waals surface area (Å²) in [6, 6.07) is 6.15. The Bertz CT molecular complexity index is 288. The zero-order valence-corrected chi connectivity index (χ0v) is 8.76. The van der Waals surface area contributed by atoms with Crippen molar-refractivity contribution in [2.45, 2.75) is 9.79 Å². The Balaban J connectivity index is 3.25. The maximum absolute atomic E-state index is 5.43. The number of terminal acetylenes is 1. The molecule has 12 heavy (non-hydrogen) atoms. The number of hydrogen-bond donors (Lipinski definition) is 0. The lowest BCUT2D eigenvalue weighted by Gasteiger charge is -2.04. The summed E-state index contributed by atoms with van der Waals surface area (Å²) in [4.78, 5) is 2.37. The summed E-state index contributed by atoms with van der Waals surface area (Å²) >= 11 is 3.39. The first-order chi connectivity index (χ1) is 5.83. The summed E-state index contributed by atoms with van der Waals surface area (Å²) in [5, 5.41) is 0. The maximum atomic E-state index is 5.43. The zero-order valence-electron chi connectivity index (χ0n) is 7.13. The van der Waals surface area contributed by atoms with Crippen molar-refractivity contribution in [1.82, 2.24) is 0 Å². The molecule has 0 aliphatic heterocycles. The Hall–Kier alpha value is -0.520. The van der Waals surface area contributed by atoms with Crippen LogP contribution in [0.4, 0.5) is 0 Å². The largest absolute Gasteiger partial charge is 0.128 e. The quantitative estimate of drug-likeness (QED) is 0.524. The van der Waals surface area contributed by atoms with E-state index in [9.17, 15) is 0 Å². The van der Waals surface area contributed by atoms with Gasteiger partial charge >= 0.3 is 0 Å². The molecule has 0 aliphatic rings. The lowest BCUT2D eigenvalue weighted by Crippen LogP contribution is -1.83. The van der Waals surface area contributed by atoms with Gasteiger partial charge in [-0.1, -0.05) is 12.0 Å². The van der Waals surface area contributed by atoms with Crippen molar-refractivity contribution >= 4 is 23.5 Å².